The highest BCUT2D eigenvalue weighted by molar-refractivity contribution is 5.89. The van der Waals surface area contributed by atoms with Crippen molar-refractivity contribution >= 4 is 18.0 Å². The second-order valence-corrected chi connectivity index (χ2v) is 6.35. The van der Waals surface area contributed by atoms with Crippen LogP contribution < -0.4 is 9.47 Å². The molecular formula is C20H24N2O6. The first-order chi connectivity index (χ1) is 13.4. The number of carbonyl (C=O) groups excluding carboxylic acids is 2. The van der Waals surface area contributed by atoms with Crippen molar-refractivity contribution in [2.75, 3.05) is 33.4 Å². The first kappa shape index (κ1) is 21.3. The summed E-state index contributed by atoms with van der Waals surface area (Å²) < 4.78 is 21.1. The zero-order valence-electron chi connectivity index (χ0n) is 16.2. The van der Waals surface area contributed by atoms with Crippen molar-refractivity contribution in [3.05, 3.63) is 29.8 Å². The van der Waals surface area contributed by atoms with Gasteiger partial charge in [-0.2, -0.15) is 5.26 Å². The zero-order valence-corrected chi connectivity index (χ0v) is 16.2. The number of hydrogen-bond donors (Lipinski definition) is 0. The topological polar surface area (TPSA) is 98.1 Å². The molecule has 1 saturated heterocycles. The Morgan fingerprint density at radius 2 is 2.00 bits per heavy atom. The Morgan fingerprint density at radius 3 is 2.64 bits per heavy atom. The summed E-state index contributed by atoms with van der Waals surface area (Å²) in [6.45, 7) is 4.36. The van der Waals surface area contributed by atoms with Crippen LogP contribution in [0.5, 0.6) is 11.5 Å². The van der Waals surface area contributed by atoms with Crippen LogP contribution in [0.15, 0.2) is 24.3 Å². The smallest absolute Gasteiger partial charge is 0.331 e. The van der Waals surface area contributed by atoms with Crippen molar-refractivity contribution in [1.82, 2.24) is 4.90 Å². The van der Waals surface area contributed by atoms with Crippen LogP contribution in [0.2, 0.25) is 0 Å². The van der Waals surface area contributed by atoms with Crippen molar-refractivity contribution in [3.8, 4) is 17.6 Å². The molecule has 2 atom stereocenters. The highest BCUT2D eigenvalue weighted by atomic mass is 16.5. The molecule has 1 aromatic rings. The number of ether oxygens (including phenoxy) is 4. The van der Waals surface area contributed by atoms with Crippen LogP contribution in [0, 0.1) is 11.3 Å². The second-order valence-electron chi connectivity index (χ2n) is 6.35. The molecule has 1 aliphatic rings. The maximum absolute atomic E-state index is 12.2. The zero-order chi connectivity index (χ0) is 20.5. The number of rotatable bonds is 7. The summed E-state index contributed by atoms with van der Waals surface area (Å²) in [7, 11) is 1.48. The molecule has 1 amide bonds. The van der Waals surface area contributed by atoms with Gasteiger partial charge in [-0.15, -0.1) is 0 Å². The third-order valence-electron chi connectivity index (χ3n) is 4.00. The minimum Gasteiger partial charge on any atom is -0.493 e. The summed E-state index contributed by atoms with van der Waals surface area (Å²) in [5, 5.41) is 8.58. The molecular weight excluding hydrogens is 364 g/mol. The second kappa shape index (κ2) is 10.3. The third-order valence-corrected chi connectivity index (χ3v) is 4.00. The standard InChI is InChI=1S/C20H24N2O6/c1-14-11-22(12-15(2)28-14)19(23)13-27-20(24)7-5-16-4-6-17(26-9-8-21)18(10-16)25-3/h4-7,10,14-15H,9,11-13H2,1-3H3/b7-5+/t14-,15-/m0/s1. The summed E-state index contributed by atoms with van der Waals surface area (Å²) in [4.78, 5) is 25.7. The summed E-state index contributed by atoms with van der Waals surface area (Å²) in [5.74, 6) is 0.00994. The monoisotopic (exact) mass is 388 g/mol. The Hall–Kier alpha value is -3.05. The van der Waals surface area contributed by atoms with Gasteiger partial charge in [-0.25, -0.2) is 4.79 Å². The van der Waals surface area contributed by atoms with Crippen molar-refractivity contribution in [1.29, 1.82) is 5.26 Å². The van der Waals surface area contributed by atoms with Gasteiger partial charge in [-0.05, 0) is 37.6 Å². The molecule has 1 heterocycles. The molecule has 0 radical (unpaired) electrons. The molecule has 0 aliphatic carbocycles. The average Bonchev–Trinajstić information content (AvgIpc) is 2.68. The largest absolute Gasteiger partial charge is 0.493 e. The number of carbonyl (C=O) groups is 2. The van der Waals surface area contributed by atoms with Gasteiger partial charge in [0.1, 0.15) is 6.07 Å². The van der Waals surface area contributed by atoms with Gasteiger partial charge >= 0.3 is 5.97 Å². The molecule has 150 valence electrons. The highest BCUT2D eigenvalue weighted by Gasteiger charge is 2.26. The van der Waals surface area contributed by atoms with Crippen LogP contribution in [0.4, 0.5) is 0 Å². The van der Waals surface area contributed by atoms with E-state index in [2.05, 4.69) is 0 Å². The Labute approximate surface area is 164 Å². The molecule has 0 unspecified atom stereocenters. The van der Waals surface area contributed by atoms with E-state index in [9.17, 15) is 9.59 Å². The maximum Gasteiger partial charge on any atom is 0.331 e. The molecule has 1 aliphatic heterocycles. The van der Waals surface area contributed by atoms with E-state index in [0.29, 0.717) is 30.2 Å². The van der Waals surface area contributed by atoms with E-state index in [1.165, 1.54) is 13.2 Å². The normalized spacial score (nSPS) is 19.1. The number of morpholine rings is 1. The molecule has 0 saturated carbocycles. The predicted molar refractivity (Wildman–Crippen MR) is 101 cm³/mol. The predicted octanol–water partition coefficient (Wildman–Crippen LogP) is 1.79. The van der Waals surface area contributed by atoms with E-state index in [1.54, 1.807) is 29.2 Å². The van der Waals surface area contributed by atoms with Crippen LogP contribution in [0.3, 0.4) is 0 Å². The lowest BCUT2D eigenvalue weighted by Crippen LogP contribution is -2.49. The van der Waals surface area contributed by atoms with Crippen LogP contribution in [-0.2, 0) is 19.1 Å². The lowest BCUT2D eigenvalue weighted by Gasteiger charge is -2.35. The van der Waals surface area contributed by atoms with Gasteiger partial charge in [0, 0.05) is 19.2 Å². The van der Waals surface area contributed by atoms with Gasteiger partial charge < -0.3 is 23.8 Å². The van der Waals surface area contributed by atoms with Crippen molar-refractivity contribution < 1.29 is 28.5 Å². The third kappa shape index (κ3) is 6.28. The molecule has 0 bridgehead atoms. The number of amides is 1. The molecule has 2 rings (SSSR count). The minimum atomic E-state index is -0.619. The number of esters is 1. The Kier molecular flexibility index (Phi) is 7.84. The fraction of sp³-hybridized carbons (Fsp3) is 0.450. The molecule has 1 aromatic carbocycles. The van der Waals surface area contributed by atoms with E-state index >= 15 is 0 Å². The van der Waals surface area contributed by atoms with Gasteiger partial charge in [0.15, 0.2) is 24.7 Å². The fourth-order valence-electron chi connectivity index (χ4n) is 2.84. The number of nitriles is 1. The van der Waals surface area contributed by atoms with E-state index in [-0.39, 0.29) is 31.3 Å². The van der Waals surface area contributed by atoms with Crippen LogP contribution in [0.25, 0.3) is 6.08 Å². The van der Waals surface area contributed by atoms with Crippen molar-refractivity contribution in [3.63, 3.8) is 0 Å². The fourth-order valence-corrected chi connectivity index (χ4v) is 2.84. The number of methoxy groups -OCH3 is 1. The lowest BCUT2D eigenvalue weighted by molar-refractivity contribution is -0.154. The first-order valence-electron chi connectivity index (χ1n) is 8.88. The van der Waals surface area contributed by atoms with Crippen molar-refractivity contribution in [2.45, 2.75) is 26.1 Å². The number of nitrogens with zero attached hydrogens (tertiary/aromatic N) is 2. The van der Waals surface area contributed by atoms with Gasteiger partial charge in [-0.3, -0.25) is 4.79 Å². The van der Waals surface area contributed by atoms with E-state index in [0.717, 1.165) is 0 Å². The van der Waals surface area contributed by atoms with Gasteiger partial charge in [0.05, 0.1) is 19.3 Å². The number of hydrogen-bond acceptors (Lipinski definition) is 7. The SMILES string of the molecule is COc1cc(/C=C/C(=O)OCC(=O)N2C[C@H](C)O[C@@H](C)C2)ccc1OCC#N. The molecule has 8 heteroatoms. The summed E-state index contributed by atoms with van der Waals surface area (Å²) in [6, 6.07) is 6.90. The Bertz CT molecular complexity index is 760. The number of benzene rings is 1. The first-order valence-corrected chi connectivity index (χ1v) is 8.88. The van der Waals surface area contributed by atoms with E-state index < -0.39 is 5.97 Å². The molecule has 1 fully saturated rings. The van der Waals surface area contributed by atoms with Crippen LogP contribution in [-0.4, -0.2) is 62.4 Å². The minimum absolute atomic E-state index is 0.0432. The average molecular weight is 388 g/mol. The van der Waals surface area contributed by atoms with Gasteiger partial charge in [0.25, 0.3) is 5.91 Å². The molecule has 28 heavy (non-hydrogen) atoms. The lowest BCUT2D eigenvalue weighted by atomic mass is 10.2. The van der Waals surface area contributed by atoms with E-state index in [4.69, 9.17) is 24.2 Å². The molecule has 0 N–H and O–H groups in total. The Balaban J connectivity index is 1.87. The van der Waals surface area contributed by atoms with Gasteiger partial charge in [-0.1, -0.05) is 6.07 Å². The van der Waals surface area contributed by atoms with Crippen molar-refractivity contribution in [2.24, 2.45) is 0 Å². The van der Waals surface area contributed by atoms with E-state index in [1.807, 2.05) is 19.9 Å². The maximum atomic E-state index is 12.2. The Morgan fingerprint density at radius 1 is 1.29 bits per heavy atom. The van der Waals surface area contributed by atoms with Gasteiger partial charge in [0.2, 0.25) is 0 Å². The van der Waals surface area contributed by atoms with Crippen LogP contribution in [0.1, 0.15) is 19.4 Å². The molecule has 0 spiro atoms. The molecule has 0 aromatic heterocycles. The summed E-state index contributed by atoms with van der Waals surface area (Å²) in [6.07, 6.45) is 2.70. The quantitative estimate of drug-likeness (QED) is 0.519. The summed E-state index contributed by atoms with van der Waals surface area (Å²) in [5.41, 5.74) is 0.681. The highest BCUT2D eigenvalue weighted by Crippen LogP contribution is 2.28. The summed E-state index contributed by atoms with van der Waals surface area (Å²) >= 11 is 0. The van der Waals surface area contributed by atoms with Crippen LogP contribution >= 0.6 is 0 Å². The molecule has 8 nitrogen and oxygen atoms in total.